The summed E-state index contributed by atoms with van der Waals surface area (Å²) in [5.74, 6) is 0.115. The summed E-state index contributed by atoms with van der Waals surface area (Å²) in [6.45, 7) is 5.27. The molecule has 174 valence electrons. The number of hydrogen-bond acceptors (Lipinski definition) is 5. The van der Waals surface area contributed by atoms with Gasteiger partial charge in [-0.3, -0.25) is 4.79 Å². The fourth-order valence-electron chi connectivity index (χ4n) is 3.71. The summed E-state index contributed by atoms with van der Waals surface area (Å²) in [4.78, 5) is 14.7. The zero-order valence-electron chi connectivity index (χ0n) is 18.7. The Kier molecular flexibility index (Phi) is 7.42. The van der Waals surface area contributed by atoms with Gasteiger partial charge in [-0.05, 0) is 47.7 Å². The molecule has 0 aromatic heterocycles. The Morgan fingerprint density at radius 1 is 0.906 bits per heavy atom. The molecule has 0 N–H and O–H groups in total. The molecular weight excluding hydrogens is 448 g/mol. The maximum absolute atomic E-state index is 13.0. The van der Waals surface area contributed by atoms with Gasteiger partial charge in [-0.15, -0.1) is 0 Å². The number of carbonyl (C=O) groups excluding carboxylic acids is 1. The van der Waals surface area contributed by atoms with Crippen LogP contribution >= 0.6 is 0 Å². The summed E-state index contributed by atoms with van der Waals surface area (Å²) in [5, 5.41) is 0. The van der Waals surface area contributed by atoms with Crippen LogP contribution in [0.1, 0.15) is 47.7 Å². The van der Waals surface area contributed by atoms with Gasteiger partial charge in [-0.1, -0.05) is 38.1 Å². The summed E-state index contributed by atoms with van der Waals surface area (Å²) < 4.78 is 50.3. The van der Waals surface area contributed by atoms with Gasteiger partial charge in [0.15, 0.2) is 9.84 Å². The molecular formula is C23H30N2O5S2. The lowest BCUT2D eigenvalue weighted by molar-refractivity contribution is 0.0698. The lowest BCUT2D eigenvalue weighted by Crippen LogP contribution is -2.50. The van der Waals surface area contributed by atoms with Crippen LogP contribution in [0.3, 0.4) is 0 Å². The number of sulfonamides is 1. The van der Waals surface area contributed by atoms with Crippen molar-refractivity contribution >= 4 is 25.8 Å². The second-order valence-electron chi connectivity index (χ2n) is 8.34. The molecule has 9 heteroatoms. The first kappa shape index (κ1) is 24.4. The lowest BCUT2D eigenvalue weighted by atomic mass is 9.99. The average Bonchev–Trinajstić information content (AvgIpc) is 2.77. The normalized spacial score (nSPS) is 16.7. The second kappa shape index (κ2) is 9.72. The highest BCUT2D eigenvalue weighted by Crippen LogP contribution is 2.23. The summed E-state index contributed by atoms with van der Waals surface area (Å²) in [6.07, 6.45) is 2.15. The van der Waals surface area contributed by atoms with E-state index < -0.39 is 19.9 Å². The second-order valence-corrected chi connectivity index (χ2v) is 12.4. The minimum Gasteiger partial charge on any atom is -0.336 e. The van der Waals surface area contributed by atoms with E-state index in [-0.39, 0.29) is 29.6 Å². The number of hydrogen-bond donors (Lipinski definition) is 0. The van der Waals surface area contributed by atoms with Crippen molar-refractivity contribution in [1.82, 2.24) is 9.21 Å². The van der Waals surface area contributed by atoms with Crippen molar-refractivity contribution in [2.24, 2.45) is 0 Å². The first-order valence-electron chi connectivity index (χ1n) is 10.7. The van der Waals surface area contributed by atoms with Gasteiger partial charge in [0.2, 0.25) is 10.0 Å². The standard InChI is InChI=1S/C23H30N2O5S2/c1-4-18(2)20-9-11-22(12-10-20)32(29,30)25-15-13-24(14-16-25)23(26)21-7-5-19(6-8-21)17-31(3,27)28/h5-12,18H,4,13-17H2,1-3H3. The third kappa shape index (κ3) is 5.76. The van der Waals surface area contributed by atoms with Crippen molar-refractivity contribution in [3.8, 4) is 0 Å². The van der Waals surface area contributed by atoms with Crippen LogP contribution in [0, 0.1) is 0 Å². The van der Waals surface area contributed by atoms with Gasteiger partial charge in [0, 0.05) is 38.0 Å². The largest absolute Gasteiger partial charge is 0.336 e. The summed E-state index contributed by atoms with van der Waals surface area (Å²) in [5.41, 5.74) is 2.20. The summed E-state index contributed by atoms with van der Waals surface area (Å²) in [6, 6.07) is 13.6. The molecule has 2 aromatic rings. The average molecular weight is 479 g/mol. The number of amides is 1. The van der Waals surface area contributed by atoms with Gasteiger partial charge in [0.1, 0.15) is 0 Å². The highest BCUT2D eigenvalue weighted by molar-refractivity contribution is 7.90. The molecule has 0 spiro atoms. The molecule has 32 heavy (non-hydrogen) atoms. The van der Waals surface area contributed by atoms with Gasteiger partial charge >= 0.3 is 0 Å². The molecule has 0 radical (unpaired) electrons. The molecule has 0 bridgehead atoms. The number of benzene rings is 2. The van der Waals surface area contributed by atoms with Gasteiger partial charge in [0.25, 0.3) is 5.91 Å². The fourth-order valence-corrected chi connectivity index (χ4v) is 5.93. The van der Waals surface area contributed by atoms with Gasteiger partial charge in [0.05, 0.1) is 10.6 Å². The Hall–Kier alpha value is -2.23. The maximum atomic E-state index is 13.0. The van der Waals surface area contributed by atoms with E-state index in [1.165, 1.54) is 10.6 Å². The Balaban J connectivity index is 1.63. The fraction of sp³-hybridized carbons (Fsp3) is 0.435. The third-order valence-electron chi connectivity index (χ3n) is 5.85. The van der Waals surface area contributed by atoms with Gasteiger partial charge in [-0.2, -0.15) is 4.31 Å². The van der Waals surface area contributed by atoms with Gasteiger partial charge < -0.3 is 4.90 Å². The molecule has 7 nitrogen and oxygen atoms in total. The van der Waals surface area contributed by atoms with Crippen LogP contribution in [0.15, 0.2) is 53.4 Å². The molecule has 1 amide bonds. The minimum absolute atomic E-state index is 0.0731. The highest BCUT2D eigenvalue weighted by Gasteiger charge is 2.30. The van der Waals surface area contributed by atoms with Gasteiger partial charge in [-0.25, -0.2) is 16.8 Å². The molecule has 1 unspecified atom stereocenters. The smallest absolute Gasteiger partial charge is 0.253 e. The Morgan fingerprint density at radius 3 is 1.97 bits per heavy atom. The van der Waals surface area contributed by atoms with Crippen LogP contribution in [0.25, 0.3) is 0 Å². The molecule has 3 rings (SSSR count). The van der Waals surface area contributed by atoms with Crippen LogP contribution in [0.2, 0.25) is 0 Å². The molecule has 0 aliphatic carbocycles. The van der Waals surface area contributed by atoms with Crippen LogP contribution < -0.4 is 0 Å². The van der Waals surface area contributed by atoms with Crippen molar-refractivity contribution in [3.63, 3.8) is 0 Å². The Morgan fingerprint density at radius 2 is 1.47 bits per heavy atom. The number of rotatable bonds is 7. The topological polar surface area (TPSA) is 91.8 Å². The molecule has 1 aliphatic rings. The minimum atomic E-state index is -3.61. The molecule has 1 aliphatic heterocycles. The van der Waals surface area contributed by atoms with E-state index in [4.69, 9.17) is 0 Å². The summed E-state index contributed by atoms with van der Waals surface area (Å²) >= 11 is 0. The van der Waals surface area contributed by atoms with E-state index in [1.54, 1.807) is 41.3 Å². The third-order valence-corrected chi connectivity index (χ3v) is 8.63. The van der Waals surface area contributed by atoms with E-state index in [0.29, 0.717) is 30.1 Å². The number of carbonyl (C=O) groups is 1. The zero-order valence-corrected chi connectivity index (χ0v) is 20.3. The predicted molar refractivity (Wildman–Crippen MR) is 125 cm³/mol. The Labute approximate surface area is 191 Å². The van der Waals surface area contributed by atoms with Crippen LogP contribution in [0.4, 0.5) is 0 Å². The number of piperazine rings is 1. The number of nitrogens with zero attached hydrogens (tertiary/aromatic N) is 2. The molecule has 1 heterocycles. The van der Waals surface area contributed by atoms with E-state index in [2.05, 4.69) is 13.8 Å². The number of sulfone groups is 1. The molecule has 0 saturated carbocycles. The van der Waals surface area contributed by atoms with Crippen LogP contribution in [0.5, 0.6) is 0 Å². The Bertz CT molecular complexity index is 1150. The first-order chi connectivity index (χ1) is 15.0. The zero-order chi connectivity index (χ0) is 23.5. The SMILES string of the molecule is CCC(C)c1ccc(S(=O)(=O)N2CCN(C(=O)c3ccc(CS(C)(=O)=O)cc3)CC2)cc1. The van der Waals surface area contributed by atoms with Crippen molar-refractivity contribution in [2.75, 3.05) is 32.4 Å². The molecule has 1 atom stereocenters. The van der Waals surface area contributed by atoms with Crippen molar-refractivity contribution in [1.29, 1.82) is 0 Å². The van der Waals surface area contributed by atoms with Crippen molar-refractivity contribution in [3.05, 3.63) is 65.2 Å². The predicted octanol–water partition coefficient (Wildman–Crippen LogP) is 2.89. The lowest BCUT2D eigenvalue weighted by Gasteiger charge is -2.34. The van der Waals surface area contributed by atoms with Crippen molar-refractivity contribution in [2.45, 2.75) is 36.8 Å². The monoisotopic (exact) mass is 478 g/mol. The van der Waals surface area contributed by atoms with E-state index in [0.717, 1.165) is 12.0 Å². The van der Waals surface area contributed by atoms with Crippen LogP contribution in [-0.4, -0.2) is 64.4 Å². The van der Waals surface area contributed by atoms with Crippen LogP contribution in [-0.2, 0) is 25.6 Å². The quantitative estimate of drug-likeness (QED) is 0.610. The molecule has 2 aromatic carbocycles. The summed E-state index contributed by atoms with van der Waals surface area (Å²) in [7, 11) is -6.75. The maximum Gasteiger partial charge on any atom is 0.253 e. The molecule has 1 saturated heterocycles. The van der Waals surface area contributed by atoms with E-state index in [9.17, 15) is 21.6 Å². The molecule has 1 fully saturated rings. The van der Waals surface area contributed by atoms with Crippen molar-refractivity contribution < 1.29 is 21.6 Å². The van der Waals surface area contributed by atoms with E-state index >= 15 is 0 Å². The van der Waals surface area contributed by atoms with E-state index in [1.807, 2.05) is 12.1 Å². The highest BCUT2D eigenvalue weighted by atomic mass is 32.2. The first-order valence-corrected chi connectivity index (χ1v) is 14.2.